The summed E-state index contributed by atoms with van der Waals surface area (Å²) in [5, 5.41) is 14.3. The molecule has 5 nitrogen and oxygen atoms in total. The van der Waals surface area contributed by atoms with E-state index in [1.807, 2.05) is 0 Å². The summed E-state index contributed by atoms with van der Waals surface area (Å²) >= 11 is 1.13. The summed E-state index contributed by atoms with van der Waals surface area (Å²) in [5.74, 6) is -0.611. The zero-order valence-corrected chi connectivity index (χ0v) is 14.0. The largest absolute Gasteiger partial charge is 0.618 e. The molecule has 0 atom stereocenters. The van der Waals surface area contributed by atoms with E-state index >= 15 is 0 Å². The van der Waals surface area contributed by atoms with Crippen molar-refractivity contribution in [3.05, 3.63) is 81.8 Å². The number of rotatable bonds is 4. The first-order chi connectivity index (χ1) is 12.3. The molecule has 9 heteroatoms. The highest BCUT2D eigenvalue weighted by molar-refractivity contribution is 7.15. The van der Waals surface area contributed by atoms with Crippen molar-refractivity contribution in [3.63, 3.8) is 0 Å². The van der Waals surface area contributed by atoms with Crippen LogP contribution < -0.4 is 10.0 Å². The standard InChI is InChI=1S/C17H12F3N3O2S/c18-17(19,20)12-5-3-4-11(8-12)9-13-10-21-16(26-13)22-15(24)14-6-1-2-7-23(14)25/h1-8,10H,9H2,(H,21,22,24). The van der Waals surface area contributed by atoms with E-state index in [0.29, 0.717) is 15.2 Å². The zero-order valence-electron chi connectivity index (χ0n) is 13.2. The Morgan fingerprint density at radius 1 is 1.23 bits per heavy atom. The van der Waals surface area contributed by atoms with Gasteiger partial charge in [0, 0.05) is 29.6 Å². The summed E-state index contributed by atoms with van der Waals surface area (Å²) in [6.45, 7) is 0. The predicted molar refractivity (Wildman–Crippen MR) is 89.7 cm³/mol. The van der Waals surface area contributed by atoms with Crippen LogP contribution in [0.5, 0.6) is 0 Å². The number of nitrogens with one attached hydrogen (secondary N) is 1. The minimum absolute atomic E-state index is 0.0814. The number of anilines is 1. The van der Waals surface area contributed by atoms with Gasteiger partial charge in [0.1, 0.15) is 0 Å². The van der Waals surface area contributed by atoms with Crippen molar-refractivity contribution < 1.29 is 22.7 Å². The Hall–Kier alpha value is -2.94. The van der Waals surface area contributed by atoms with Crippen LogP contribution in [0.15, 0.2) is 54.9 Å². The first kappa shape index (κ1) is 17.9. The molecule has 0 aliphatic carbocycles. The first-order valence-corrected chi connectivity index (χ1v) is 8.25. The average molecular weight is 379 g/mol. The van der Waals surface area contributed by atoms with Crippen molar-refractivity contribution in [2.24, 2.45) is 0 Å². The predicted octanol–water partition coefficient (Wildman–Crippen LogP) is 3.64. The van der Waals surface area contributed by atoms with E-state index < -0.39 is 17.6 Å². The van der Waals surface area contributed by atoms with Gasteiger partial charge in [-0.3, -0.25) is 10.1 Å². The quantitative estimate of drug-likeness (QED) is 0.556. The van der Waals surface area contributed by atoms with Gasteiger partial charge in [0.05, 0.1) is 5.56 Å². The van der Waals surface area contributed by atoms with Gasteiger partial charge in [-0.15, -0.1) is 11.3 Å². The van der Waals surface area contributed by atoms with Crippen molar-refractivity contribution in [2.75, 3.05) is 5.32 Å². The molecule has 0 fully saturated rings. The van der Waals surface area contributed by atoms with Crippen LogP contribution in [0.4, 0.5) is 18.3 Å². The van der Waals surface area contributed by atoms with Gasteiger partial charge in [-0.25, -0.2) is 4.98 Å². The molecule has 0 aliphatic rings. The Balaban J connectivity index is 1.71. The number of carbonyl (C=O) groups is 1. The molecule has 0 saturated carbocycles. The summed E-state index contributed by atoms with van der Waals surface area (Å²) < 4.78 is 38.7. The number of aromatic nitrogens is 2. The molecule has 1 amide bonds. The summed E-state index contributed by atoms with van der Waals surface area (Å²) in [4.78, 5) is 16.8. The maximum Gasteiger partial charge on any atom is 0.416 e. The Bertz CT molecular complexity index is 941. The number of nitrogens with zero attached hydrogens (tertiary/aromatic N) is 2. The third kappa shape index (κ3) is 4.17. The Kier molecular flexibility index (Phi) is 4.90. The summed E-state index contributed by atoms with van der Waals surface area (Å²) in [6, 6.07) is 9.48. The second kappa shape index (κ2) is 7.12. The summed E-state index contributed by atoms with van der Waals surface area (Å²) in [5.41, 5.74) is -0.305. The molecule has 3 aromatic rings. The average Bonchev–Trinajstić information content (AvgIpc) is 3.01. The van der Waals surface area contributed by atoms with Gasteiger partial charge in [-0.05, 0) is 17.7 Å². The molecule has 0 spiro atoms. The number of alkyl halides is 3. The first-order valence-electron chi connectivity index (χ1n) is 7.43. The molecule has 134 valence electrons. The normalized spacial score (nSPS) is 11.3. The van der Waals surface area contributed by atoms with E-state index in [-0.39, 0.29) is 17.2 Å². The summed E-state index contributed by atoms with van der Waals surface area (Å²) in [7, 11) is 0. The van der Waals surface area contributed by atoms with Crippen molar-refractivity contribution >= 4 is 22.4 Å². The van der Waals surface area contributed by atoms with E-state index in [1.165, 1.54) is 30.6 Å². The Morgan fingerprint density at radius 3 is 2.77 bits per heavy atom. The fraction of sp³-hybridized carbons (Fsp3) is 0.118. The minimum Gasteiger partial charge on any atom is -0.618 e. The second-order valence-electron chi connectivity index (χ2n) is 5.37. The molecule has 1 aromatic carbocycles. The van der Waals surface area contributed by atoms with Crippen molar-refractivity contribution in [3.8, 4) is 0 Å². The highest BCUT2D eigenvalue weighted by atomic mass is 32.1. The topological polar surface area (TPSA) is 68.9 Å². The van der Waals surface area contributed by atoms with Gasteiger partial charge in [-0.2, -0.15) is 17.9 Å². The van der Waals surface area contributed by atoms with Crippen molar-refractivity contribution in [2.45, 2.75) is 12.6 Å². The number of hydrogen-bond acceptors (Lipinski definition) is 4. The molecule has 0 saturated heterocycles. The lowest BCUT2D eigenvalue weighted by Crippen LogP contribution is -2.36. The molecule has 26 heavy (non-hydrogen) atoms. The van der Waals surface area contributed by atoms with Gasteiger partial charge in [-0.1, -0.05) is 18.2 Å². The van der Waals surface area contributed by atoms with Crippen LogP contribution in [0.25, 0.3) is 0 Å². The molecule has 0 aliphatic heterocycles. The highest BCUT2D eigenvalue weighted by Crippen LogP contribution is 2.30. The molecule has 2 aromatic heterocycles. The van der Waals surface area contributed by atoms with Crippen LogP contribution in [0, 0.1) is 5.21 Å². The molecule has 0 radical (unpaired) electrons. The number of halogens is 3. The van der Waals surface area contributed by atoms with Crippen molar-refractivity contribution in [1.82, 2.24) is 4.98 Å². The summed E-state index contributed by atoms with van der Waals surface area (Å²) in [6.07, 6.45) is -1.46. The SMILES string of the molecule is O=C(Nc1ncc(Cc2cccc(C(F)(F)F)c2)s1)c1cccc[n+]1[O-]. The van der Waals surface area contributed by atoms with Crippen LogP contribution >= 0.6 is 11.3 Å². The Labute approximate surface area is 150 Å². The lowest BCUT2D eigenvalue weighted by Gasteiger charge is -2.07. The van der Waals surface area contributed by atoms with Gasteiger partial charge < -0.3 is 5.21 Å². The smallest absolute Gasteiger partial charge is 0.416 e. The van der Waals surface area contributed by atoms with E-state index in [2.05, 4.69) is 10.3 Å². The van der Waals surface area contributed by atoms with E-state index in [9.17, 15) is 23.2 Å². The lowest BCUT2D eigenvalue weighted by atomic mass is 10.1. The van der Waals surface area contributed by atoms with Gasteiger partial charge in [0.15, 0.2) is 11.3 Å². The maximum atomic E-state index is 12.8. The van der Waals surface area contributed by atoms with Crippen LogP contribution in [-0.2, 0) is 12.6 Å². The third-order valence-electron chi connectivity index (χ3n) is 3.46. The van der Waals surface area contributed by atoms with Crippen LogP contribution in [-0.4, -0.2) is 10.9 Å². The monoisotopic (exact) mass is 379 g/mol. The molecular weight excluding hydrogens is 367 g/mol. The van der Waals surface area contributed by atoms with Crippen LogP contribution in [0.3, 0.4) is 0 Å². The number of amides is 1. The zero-order chi connectivity index (χ0) is 18.7. The fourth-order valence-electron chi connectivity index (χ4n) is 2.27. The maximum absolute atomic E-state index is 12.8. The lowest BCUT2D eigenvalue weighted by molar-refractivity contribution is -0.607. The number of pyridine rings is 1. The Morgan fingerprint density at radius 2 is 2.04 bits per heavy atom. The second-order valence-corrected chi connectivity index (χ2v) is 6.49. The molecule has 1 N–H and O–H groups in total. The van der Waals surface area contributed by atoms with E-state index in [0.717, 1.165) is 23.5 Å². The van der Waals surface area contributed by atoms with Gasteiger partial charge >= 0.3 is 12.1 Å². The molecule has 2 heterocycles. The fourth-order valence-corrected chi connectivity index (χ4v) is 3.11. The van der Waals surface area contributed by atoms with E-state index in [4.69, 9.17) is 0 Å². The van der Waals surface area contributed by atoms with Gasteiger partial charge in [0.25, 0.3) is 5.69 Å². The third-order valence-corrected chi connectivity index (χ3v) is 4.38. The van der Waals surface area contributed by atoms with Crippen LogP contribution in [0.2, 0.25) is 0 Å². The van der Waals surface area contributed by atoms with Crippen LogP contribution in [0.1, 0.15) is 26.5 Å². The van der Waals surface area contributed by atoms with Crippen molar-refractivity contribution in [1.29, 1.82) is 0 Å². The molecule has 0 bridgehead atoms. The number of carbonyl (C=O) groups excluding carboxylic acids is 1. The number of hydrogen-bond donors (Lipinski definition) is 1. The number of thiazole rings is 1. The van der Waals surface area contributed by atoms with E-state index in [1.54, 1.807) is 12.1 Å². The number of benzene rings is 1. The molecule has 0 unspecified atom stereocenters. The minimum atomic E-state index is -4.40. The molecule has 3 rings (SSSR count). The van der Waals surface area contributed by atoms with Gasteiger partial charge in [0.2, 0.25) is 0 Å². The highest BCUT2D eigenvalue weighted by Gasteiger charge is 2.30. The molecular formula is C17H12F3N3O2S.